The van der Waals surface area contributed by atoms with Crippen LogP contribution in [0.4, 0.5) is 0 Å². The van der Waals surface area contributed by atoms with Crippen LogP contribution in [-0.4, -0.2) is 31.5 Å². The molecule has 0 amide bonds. The molecule has 0 fully saturated rings. The predicted molar refractivity (Wildman–Crippen MR) is 59.4 cm³/mol. The summed E-state index contributed by atoms with van der Waals surface area (Å²) in [6, 6.07) is 3.52. The quantitative estimate of drug-likeness (QED) is 0.805. The van der Waals surface area contributed by atoms with Crippen LogP contribution in [0.25, 0.3) is 11.5 Å². The highest BCUT2D eigenvalue weighted by molar-refractivity contribution is 5.71. The summed E-state index contributed by atoms with van der Waals surface area (Å²) in [4.78, 5) is 0. The largest absolute Gasteiger partial charge is 0.493 e. The van der Waals surface area contributed by atoms with Gasteiger partial charge in [0.05, 0.1) is 26.9 Å². The normalized spacial score (nSPS) is 10.1. The van der Waals surface area contributed by atoms with Crippen molar-refractivity contribution >= 4 is 0 Å². The van der Waals surface area contributed by atoms with Crippen molar-refractivity contribution in [2.45, 2.75) is 0 Å². The standard InChI is InChI=1S/C11H12N2O4/c1-14-8-5-4-7(11-13-12-6-17-11)9(15-2)10(8)16-3/h4-6H,1-3H3. The number of rotatable bonds is 4. The van der Waals surface area contributed by atoms with E-state index in [0.717, 1.165) is 0 Å². The zero-order valence-electron chi connectivity index (χ0n) is 9.76. The van der Waals surface area contributed by atoms with E-state index in [2.05, 4.69) is 10.2 Å². The number of hydrogen-bond donors (Lipinski definition) is 0. The molecule has 90 valence electrons. The maximum absolute atomic E-state index is 5.30. The van der Waals surface area contributed by atoms with Crippen molar-refractivity contribution in [2.75, 3.05) is 21.3 Å². The summed E-state index contributed by atoms with van der Waals surface area (Å²) in [5, 5.41) is 7.46. The molecule has 0 unspecified atom stereocenters. The molecule has 1 aromatic heterocycles. The first kappa shape index (κ1) is 11.3. The first-order valence-electron chi connectivity index (χ1n) is 4.87. The van der Waals surface area contributed by atoms with Crippen LogP contribution in [0.3, 0.4) is 0 Å². The number of ether oxygens (including phenoxy) is 3. The van der Waals surface area contributed by atoms with Crippen LogP contribution in [0.15, 0.2) is 22.9 Å². The van der Waals surface area contributed by atoms with E-state index in [9.17, 15) is 0 Å². The van der Waals surface area contributed by atoms with Gasteiger partial charge in [0.25, 0.3) is 5.89 Å². The Morgan fingerprint density at radius 2 is 1.76 bits per heavy atom. The fourth-order valence-corrected chi connectivity index (χ4v) is 1.56. The van der Waals surface area contributed by atoms with Crippen molar-refractivity contribution in [1.82, 2.24) is 10.2 Å². The Morgan fingerprint density at radius 1 is 1.00 bits per heavy atom. The van der Waals surface area contributed by atoms with Gasteiger partial charge >= 0.3 is 0 Å². The highest BCUT2D eigenvalue weighted by Gasteiger charge is 2.19. The molecule has 6 nitrogen and oxygen atoms in total. The van der Waals surface area contributed by atoms with Crippen LogP contribution in [0.1, 0.15) is 0 Å². The molecule has 6 heteroatoms. The van der Waals surface area contributed by atoms with Gasteiger partial charge in [0, 0.05) is 0 Å². The van der Waals surface area contributed by atoms with Gasteiger partial charge in [0.15, 0.2) is 11.5 Å². The predicted octanol–water partition coefficient (Wildman–Crippen LogP) is 1.76. The molecule has 1 heterocycles. The Morgan fingerprint density at radius 3 is 2.29 bits per heavy atom. The molecule has 1 aromatic carbocycles. The second kappa shape index (κ2) is 4.73. The van der Waals surface area contributed by atoms with E-state index < -0.39 is 0 Å². The first-order chi connectivity index (χ1) is 8.31. The lowest BCUT2D eigenvalue weighted by Crippen LogP contribution is -1.96. The van der Waals surface area contributed by atoms with Gasteiger partial charge in [-0.25, -0.2) is 0 Å². The van der Waals surface area contributed by atoms with Crippen molar-refractivity contribution in [3.63, 3.8) is 0 Å². The van der Waals surface area contributed by atoms with E-state index in [4.69, 9.17) is 18.6 Å². The van der Waals surface area contributed by atoms with Crippen molar-refractivity contribution in [1.29, 1.82) is 0 Å². The van der Waals surface area contributed by atoms with Gasteiger partial charge in [-0.2, -0.15) is 0 Å². The van der Waals surface area contributed by atoms with Crippen molar-refractivity contribution in [3.8, 4) is 28.7 Å². The maximum Gasteiger partial charge on any atom is 0.251 e. The fourth-order valence-electron chi connectivity index (χ4n) is 1.56. The fraction of sp³-hybridized carbons (Fsp3) is 0.273. The van der Waals surface area contributed by atoms with E-state index >= 15 is 0 Å². The van der Waals surface area contributed by atoms with E-state index in [1.807, 2.05) is 0 Å². The number of aromatic nitrogens is 2. The monoisotopic (exact) mass is 236 g/mol. The van der Waals surface area contributed by atoms with E-state index in [1.54, 1.807) is 19.2 Å². The first-order valence-corrected chi connectivity index (χ1v) is 4.87. The third kappa shape index (κ3) is 1.89. The molecule has 2 aromatic rings. The summed E-state index contributed by atoms with van der Waals surface area (Å²) in [5.41, 5.74) is 0.655. The molecular formula is C11H12N2O4. The number of methoxy groups -OCH3 is 3. The lowest BCUT2D eigenvalue weighted by molar-refractivity contribution is 0.324. The second-order valence-electron chi connectivity index (χ2n) is 3.13. The second-order valence-corrected chi connectivity index (χ2v) is 3.13. The molecule has 0 N–H and O–H groups in total. The minimum absolute atomic E-state index is 0.364. The lowest BCUT2D eigenvalue weighted by Gasteiger charge is -2.13. The maximum atomic E-state index is 5.30. The van der Waals surface area contributed by atoms with Crippen LogP contribution >= 0.6 is 0 Å². The van der Waals surface area contributed by atoms with E-state index in [-0.39, 0.29) is 0 Å². The minimum Gasteiger partial charge on any atom is -0.493 e. The minimum atomic E-state index is 0.364. The van der Waals surface area contributed by atoms with Crippen LogP contribution in [-0.2, 0) is 0 Å². The van der Waals surface area contributed by atoms with E-state index in [0.29, 0.717) is 28.7 Å². The summed E-state index contributed by atoms with van der Waals surface area (Å²) in [6.45, 7) is 0. The number of hydrogen-bond acceptors (Lipinski definition) is 6. The molecule has 0 saturated heterocycles. The van der Waals surface area contributed by atoms with Gasteiger partial charge < -0.3 is 18.6 Å². The molecule has 0 aliphatic heterocycles. The number of benzene rings is 1. The molecule has 0 atom stereocenters. The van der Waals surface area contributed by atoms with Crippen LogP contribution in [0, 0.1) is 0 Å². The number of nitrogens with zero attached hydrogens (tertiary/aromatic N) is 2. The topological polar surface area (TPSA) is 66.6 Å². The highest BCUT2D eigenvalue weighted by atomic mass is 16.5. The molecule has 17 heavy (non-hydrogen) atoms. The molecule has 0 aliphatic carbocycles. The van der Waals surface area contributed by atoms with Crippen LogP contribution in [0.2, 0.25) is 0 Å². The third-order valence-corrected chi connectivity index (χ3v) is 2.29. The smallest absolute Gasteiger partial charge is 0.251 e. The van der Waals surface area contributed by atoms with Gasteiger partial charge in [-0.05, 0) is 12.1 Å². The molecule has 0 saturated carbocycles. The van der Waals surface area contributed by atoms with Crippen molar-refractivity contribution < 1.29 is 18.6 Å². The Bertz CT molecular complexity index is 496. The summed E-state index contributed by atoms with van der Waals surface area (Å²) >= 11 is 0. The Hall–Kier alpha value is -2.24. The molecule has 0 radical (unpaired) electrons. The molecule has 0 bridgehead atoms. The van der Waals surface area contributed by atoms with Crippen LogP contribution in [0.5, 0.6) is 17.2 Å². The molecule has 0 spiro atoms. The average molecular weight is 236 g/mol. The Labute approximate surface area is 98.1 Å². The Kier molecular flexibility index (Phi) is 3.13. The third-order valence-electron chi connectivity index (χ3n) is 2.29. The summed E-state index contributed by atoms with van der Waals surface area (Å²) in [7, 11) is 4.64. The zero-order valence-corrected chi connectivity index (χ0v) is 9.76. The summed E-state index contributed by atoms with van der Waals surface area (Å²) in [6.07, 6.45) is 1.26. The van der Waals surface area contributed by atoms with Crippen molar-refractivity contribution in [3.05, 3.63) is 18.5 Å². The average Bonchev–Trinajstić information content (AvgIpc) is 2.90. The summed E-state index contributed by atoms with van der Waals surface area (Å²) in [5.74, 6) is 1.93. The summed E-state index contributed by atoms with van der Waals surface area (Å²) < 4.78 is 20.9. The van der Waals surface area contributed by atoms with Gasteiger partial charge in [0.1, 0.15) is 0 Å². The molecule has 0 aliphatic rings. The van der Waals surface area contributed by atoms with Crippen LogP contribution < -0.4 is 14.2 Å². The highest BCUT2D eigenvalue weighted by Crippen LogP contribution is 2.43. The van der Waals surface area contributed by atoms with Gasteiger partial charge in [-0.15, -0.1) is 10.2 Å². The van der Waals surface area contributed by atoms with Gasteiger partial charge in [-0.1, -0.05) is 0 Å². The lowest BCUT2D eigenvalue weighted by atomic mass is 10.1. The van der Waals surface area contributed by atoms with Gasteiger partial charge in [-0.3, -0.25) is 0 Å². The Balaban J connectivity index is 2.61. The van der Waals surface area contributed by atoms with Gasteiger partial charge in [0.2, 0.25) is 12.1 Å². The van der Waals surface area contributed by atoms with E-state index in [1.165, 1.54) is 20.6 Å². The zero-order chi connectivity index (χ0) is 12.3. The molecule has 2 rings (SSSR count). The molecular weight excluding hydrogens is 224 g/mol. The SMILES string of the molecule is COc1ccc(-c2nnco2)c(OC)c1OC. The van der Waals surface area contributed by atoms with Crippen molar-refractivity contribution in [2.24, 2.45) is 0 Å².